The van der Waals surface area contributed by atoms with Crippen LogP contribution in [0.15, 0.2) is 58.2 Å². The molecular formula is C21H21N3O5S. The minimum atomic E-state index is -0.699. The van der Waals surface area contributed by atoms with Gasteiger partial charge in [-0.05, 0) is 30.2 Å². The topological polar surface area (TPSA) is 111 Å². The van der Waals surface area contributed by atoms with E-state index in [2.05, 4.69) is 15.6 Å². The maximum Gasteiger partial charge on any atom is 0.338 e. The van der Waals surface area contributed by atoms with Crippen LogP contribution in [0.5, 0.6) is 0 Å². The van der Waals surface area contributed by atoms with E-state index in [1.54, 1.807) is 18.2 Å². The van der Waals surface area contributed by atoms with Crippen LogP contribution >= 0.6 is 11.8 Å². The second kappa shape index (κ2) is 10.4. The van der Waals surface area contributed by atoms with E-state index in [4.69, 9.17) is 9.15 Å². The zero-order valence-electron chi connectivity index (χ0n) is 16.3. The Hall–Kier alpha value is -3.33. The van der Waals surface area contributed by atoms with E-state index >= 15 is 0 Å². The Labute approximate surface area is 177 Å². The Morgan fingerprint density at radius 2 is 1.87 bits per heavy atom. The standard InChI is InChI=1S/C21H21N3O5S/c1-2-11-22-20(27)24-18(25)12-28-19(26)15-8-4-3-7-14(15)13-30-21-23-16-9-5-6-10-17(16)29-21/h3-10H,2,11-13H2,1H3,(H2,22,24,25,27). The lowest BCUT2D eigenvalue weighted by molar-refractivity contribution is -0.123. The van der Waals surface area contributed by atoms with Crippen molar-refractivity contribution in [2.45, 2.75) is 24.3 Å². The highest BCUT2D eigenvalue weighted by Gasteiger charge is 2.16. The average Bonchev–Trinajstić information content (AvgIpc) is 3.18. The molecule has 9 heteroatoms. The summed E-state index contributed by atoms with van der Waals surface area (Å²) >= 11 is 1.35. The highest BCUT2D eigenvalue weighted by atomic mass is 32.2. The largest absolute Gasteiger partial charge is 0.452 e. The molecule has 2 N–H and O–H groups in total. The number of thioether (sulfide) groups is 1. The van der Waals surface area contributed by atoms with Crippen molar-refractivity contribution < 1.29 is 23.5 Å². The monoisotopic (exact) mass is 427 g/mol. The maximum absolute atomic E-state index is 12.4. The van der Waals surface area contributed by atoms with Crippen LogP contribution in [0.4, 0.5) is 4.79 Å². The molecular weight excluding hydrogens is 406 g/mol. The number of hydrogen-bond donors (Lipinski definition) is 2. The number of fused-ring (bicyclic) bond motifs is 1. The van der Waals surface area contributed by atoms with E-state index in [1.165, 1.54) is 11.8 Å². The van der Waals surface area contributed by atoms with Crippen LogP contribution in [0.3, 0.4) is 0 Å². The van der Waals surface area contributed by atoms with E-state index in [0.717, 1.165) is 17.5 Å². The highest BCUT2D eigenvalue weighted by Crippen LogP contribution is 2.27. The van der Waals surface area contributed by atoms with Crippen molar-refractivity contribution in [2.75, 3.05) is 13.2 Å². The first-order chi connectivity index (χ1) is 14.6. The lowest BCUT2D eigenvalue weighted by Gasteiger charge is -2.09. The number of carbonyl (C=O) groups excluding carboxylic acids is 3. The number of carbonyl (C=O) groups is 3. The lowest BCUT2D eigenvalue weighted by atomic mass is 10.1. The number of esters is 1. The molecule has 3 rings (SSSR count). The summed E-state index contributed by atoms with van der Waals surface area (Å²) in [4.78, 5) is 40.1. The molecule has 30 heavy (non-hydrogen) atoms. The fraction of sp³-hybridized carbons (Fsp3) is 0.238. The summed E-state index contributed by atoms with van der Waals surface area (Å²) in [5.74, 6) is -0.910. The summed E-state index contributed by atoms with van der Waals surface area (Å²) in [5, 5.41) is 5.11. The number of para-hydroxylation sites is 2. The molecule has 8 nitrogen and oxygen atoms in total. The fourth-order valence-corrected chi connectivity index (χ4v) is 3.39. The summed E-state index contributed by atoms with van der Waals surface area (Å²) in [5.41, 5.74) is 2.52. The number of ether oxygens (including phenoxy) is 1. The smallest absolute Gasteiger partial charge is 0.338 e. The van der Waals surface area contributed by atoms with Crippen LogP contribution in [0.25, 0.3) is 11.1 Å². The number of hydrogen-bond acceptors (Lipinski definition) is 7. The van der Waals surface area contributed by atoms with Gasteiger partial charge in [-0.2, -0.15) is 0 Å². The first-order valence-electron chi connectivity index (χ1n) is 9.38. The summed E-state index contributed by atoms with van der Waals surface area (Å²) in [6.45, 7) is 1.79. The maximum atomic E-state index is 12.4. The molecule has 3 amide bonds. The third kappa shape index (κ3) is 5.84. The van der Waals surface area contributed by atoms with Crippen LogP contribution in [0.1, 0.15) is 29.3 Å². The van der Waals surface area contributed by atoms with E-state index < -0.39 is 24.5 Å². The molecule has 1 aromatic heterocycles. The van der Waals surface area contributed by atoms with Crippen molar-refractivity contribution in [3.63, 3.8) is 0 Å². The van der Waals surface area contributed by atoms with Gasteiger partial charge in [-0.3, -0.25) is 10.1 Å². The molecule has 0 unspecified atom stereocenters. The van der Waals surface area contributed by atoms with E-state index in [9.17, 15) is 14.4 Å². The number of rotatable bonds is 8. The number of imide groups is 1. The number of aromatic nitrogens is 1. The van der Waals surface area contributed by atoms with Crippen molar-refractivity contribution in [3.8, 4) is 0 Å². The SMILES string of the molecule is CCCNC(=O)NC(=O)COC(=O)c1ccccc1CSc1nc2ccccc2o1. The van der Waals surface area contributed by atoms with Crippen LogP contribution in [0, 0.1) is 0 Å². The van der Waals surface area contributed by atoms with Gasteiger partial charge in [0.25, 0.3) is 11.1 Å². The van der Waals surface area contributed by atoms with E-state index in [-0.39, 0.29) is 0 Å². The predicted molar refractivity (Wildman–Crippen MR) is 112 cm³/mol. The van der Waals surface area contributed by atoms with Gasteiger partial charge in [0, 0.05) is 12.3 Å². The van der Waals surface area contributed by atoms with Gasteiger partial charge in [0.15, 0.2) is 12.2 Å². The van der Waals surface area contributed by atoms with Gasteiger partial charge in [0.2, 0.25) is 0 Å². The van der Waals surface area contributed by atoms with E-state index in [0.29, 0.717) is 28.7 Å². The molecule has 0 saturated carbocycles. The number of amides is 3. The molecule has 0 atom stereocenters. The molecule has 1 heterocycles. The van der Waals surface area contributed by atoms with Crippen molar-refractivity contribution in [1.29, 1.82) is 0 Å². The Bertz CT molecular complexity index is 1020. The predicted octanol–water partition coefficient (Wildman–Crippen LogP) is 3.51. The van der Waals surface area contributed by atoms with Gasteiger partial charge in [-0.25, -0.2) is 14.6 Å². The number of nitrogens with one attached hydrogen (secondary N) is 2. The Morgan fingerprint density at radius 3 is 2.67 bits per heavy atom. The minimum Gasteiger partial charge on any atom is -0.452 e. The summed E-state index contributed by atoms with van der Waals surface area (Å²) < 4.78 is 10.7. The number of nitrogens with zero attached hydrogens (tertiary/aromatic N) is 1. The van der Waals surface area contributed by atoms with Gasteiger partial charge in [0.1, 0.15) is 5.52 Å². The van der Waals surface area contributed by atoms with Crippen molar-refractivity contribution in [1.82, 2.24) is 15.6 Å². The Kier molecular flexibility index (Phi) is 7.45. The molecule has 0 aliphatic carbocycles. The number of benzene rings is 2. The molecule has 3 aromatic rings. The Morgan fingerprint density at radius 1 is 1.10 bits per heavy atom. The van der Waals surface area contributed by atoms with Gasteiger partial charge in [-0.15, -0.1) is 0 Å². The molecule has 0 bridgehead atoms. The van der Waals surface area contributed by atoms with Crippen LogP contribution in [-0.4, -0.2) is 36.0 Å². The Balaban J connectivity index is 1.56. The first kappa shape index (κ1) is 21.4. The lowest BCUT2D eigenvalue weighted by Crippen LogP contribution is -2.41. The molecule has 0 radical (unpaired) electrons. The summed E-state index contributed by atoms with van der Waals surface area (Å²) in [7, 11) is 0. The van der Waals surface area contributed by atoms with Crippen LogP contribution in [0.2, 0.25) is 0 Å². The highest BCUT2D eigenvalue weighted by molar-refractivity contribution is 7.98. The van der Waals surface area contributed by atoms with Gasteiger partial charge < -0.3 is 14.5 Å². The fourth-order valence-electron chi connectivity index (χ4n) is 2.55. The summed E-state index contributed by atoms with van der Waals surface area (Å²) in [6, 6.07) is 13.8. The van der Waals surface area contributed by atoms with Gasteiger partial charge >= 0.3 is 12.0 Å². The first-order valence-corrected chi connectivity index (χ1v) is 10.4. The third-order valence-electron chi connectivity index (χ3n) is 3.99. The van der Waals surface area contributed by atoms with Crippen LogP contribution < -0.4 is 10.6 Å². The molecule has 0 saturated heterocycles. The van der Waals surface area contributed by atoms with Crippen molar-refractivity contribution in [3.05, 3.63) is 59.7 Å². The average molecular weight is 427 g/mol. The van der Waals surface area contributed by atoms with Gasteiger partial charge in [-0.1, -0.05) is 49.0 Å². The molecule has 0 aliphatic rings. The number of oxazole rings is 1. The molecule has 0 aliphatic heterocycles. The quantitative estimate of drug-likeness (QED) is 0.418. The zero-order valence-corrected chi connectivity index (χ0v) is 17.2. The molecule has 0 spiro atoms. The number of urea groups is 1. The van der Waals surface area contributed by atoms with Crippen molar-refractivity contribution >= 4 is 40.8 Å². The second-order valence-electron chi connectivity index (χ2n) is 6.27. The molecule has 2 aromatic carbocycles. The minimum absolute atomic E-state index is 0.337. The van der Waals surface area contributed by atoms with Crippen molar-refractivity contribution in [2.24, 2.45) is 0 Å². The summed E-state index contributed by atoms with van der Waals surface area (Å²) in [6.07, 6.45) is 0.745. The third-order valence-corrected chi connectivity index (χ3v) is 4.86. The van der Waals surface area contributed by atoms with Crippen LogP contribution in [-0.2, 0) is 15.3 Å². The molecule has 156 valence electrons. The molecule has 0 fully saturated rings. The zero-order chi connectivity index (χ0) is 21.3. The van der Waals surface area contributed by atoms with E-state index in [1.807, 2.05) is 37.3 Å². The van der Waals surface area contributed by atoms with Gasteiger partial charge in [0.05, 0.1) is 5.56 Å². The second-order valence-corrected chi connectivity index (χ2v) is 7.20. The normalized spacial score (nSPS) is 10.6.